The topological polar surface area (TPSA) is 37.3 Å². The largest absolute Gasteiger partial charge is 0.345 e. The number of carbonyl (C=O) groups excluding carboxylic acids is 1. The summed E-state index contributed by atoms with van der Waals surface area (Å²) in [4.78, 5) is 14.5. The molecule has 28 heavy (non-hydrogen) atoms. The van der Waals surface area contributed by atoms with Gasteiger partial charge in [0.2, 0.25) is 0 Å². The summed E-state index contributed by atoms with van der Waals surface area (Å²) in [5, 5.41) is 2.97. The molecule has 0 fully saturated rings. The second-order valence-corrected chi connectivity index (χ2v) is 6.67. The Labute approximate surface area is 164 Å². The molecule has 2 amide bonds. The molecule has 0 aliphatic heterocycles. The molecule has 0 aliphatic rings. The Balaban J connectivity index is 1.73. The number of amides is 2. The third-order valence-electron chi connectivity index (χ3n) is 4.57. The normalized spacial score (nSPS) is 10.5. The highest BCUT2D eigenvalue weighted by atomic mass is 19.1. The van der Waals surface area contributed by atoms with E-state index in [0.717, 1.165) is 22.5 Å². The highest BCUT2D eigenvalue weighted by molar-refractivity contribution is 5.90. The molecule has 0 saturated carbocycles. The van der Waals surface area contributed by atoms with Crippen molar-refractivity contribution in [2.45, 2.75) is 20.0 Å². The van der Waals surface area contributed by atoms with Crippen LogP contribution in [0.4, 0.5) is 14.9 Å². The van der Waals surface area contributed by atoms with Gasteiger partial charge >= 0.3 is 6.03 Å². The minimum atomic E-state index is -0.249. The Bertz CT molecular complexity index is 946. The SMILES string of the molecule is C=CCN(Cc1cccn1Cc1ccc(F)cc1)C(=O)Nc1ccccc1C. The quantitative estimate of drug-likeness (QED) is 0.564. The minimum absolute atomic E-state index is 0.177. The van der Waals surface area contributed by atoms with E-state index in [2.05, 4.69) is 16.5 Å². The molecule has 4 nitrogen and oxygen atoms in total. The van der Waals surface area contributed by atoms with Gasteiger partial charge in [0.15, 0.2) is 0 Å². The summed E-state index contributed by atoms with van der Waals surface area (Å²) in [6.45, 7) is 7.22. The van der Waals surface area contributed by atoms with Crippen molar-refractivity contribution in [3.05, 3.63) is 102 Å². The van der Waals surface area contributed by atoms with Crippen LogP contribution in [0.3, 0.4) is 0 Å². The number of hydrogen-bond acceptors (Lipinski definition) is 1. The average Bonchev–Trinajstić information content (AvgIpc) is 3.12. The number of aryl methyl sites for hydroxylation is 1. The molecule has 0 aliphatic carbocycles. The van der Waals surface area contributed by atoms with Crippen molar-refractivity contribution >= 4 is 11.7 Å². The van der Waals surface area contributed by atoms with Crippen molar-refractivity contribution < 1.29 is 9.18 Å². The zero-order valence-electron chi connectivity index (χ0n) is 15.9. The van der Waals surface area contributed by atoms with Crippen LogP contribution in [-0.4, -0.2) is 22.0 Å². The van der Waals surface area contributed by atoms with Crippen molar-refractivity contribution in [2.24, 2.45) is 0 Å². The van der Waals surface area contributed by atoms with Crippen LogP contribution < -0.4 is 5.32 Å². The maximum absolute atomic E-state index is 13.1. The molecule has 0 atom stereocenters. The van der Waals surface area contributed by atoms with Gasteiger partial charge in [-0.15, -0.1) is 6.58 Å². The Hall–Kier alpha value is -3.34. The molecule has 0 unspecified atom stereocenters. The molecule has 3 aromatic rings. The highest BCUT2D eigenvalue weighted by Gasteiger charge is 2.15. The fraction of sp³-hybridized carbons (Fsp3) is 0.174. The zero-order chi connectivity index (χ0) is 19.9. The van der Waals surface area contributed by atoms with Crippen LogP contribution in [0.1, 0.15) is 16.8 Å². The van der Waals surface area contributed by atoms with Crippen LogP contribution in [0.5, 0.6) is 0 Å². The molecule has 144 valence electrons. The number of nitrogens with one attached hydrogen (secondary N) is 1. The van der Waals surface area contributed by atoms with Crippen LogP contribution in [0, 0.1) is 12.7 Å². The van der Waals surface area contributed by atoms with Gasteiger partial charge in [0, 0.05) is 30.7 Å². The summed E-state index contributed by atoms with van der Waals surface area (Å²) < 4.78 is 15.2. The summed E-state index contributed by atoms with van der Waals surface area (Å²) in [7, 11) is 0. The van der Waals surface area contributed by atoms with Crippen molar-refractivity contribution in [3.63, 3.8) is 0 Å². The average molecular weight is 377 g/mol. The standard InChI is InChI=1S/C23H24FN3O/c1-3-14-27(23(28)25-22-9-5-4-7-18(22)2)17-21-8-6-15-26(21)16-19-10-12-20(24)13-11-19/h3-13,15H,1,14,16-17H2,2H3,(H,25,28). The van der Waals surface area contributed by atoms with Gasteiger partial charge in [0.05, 0.1) is 6.54 Å². The third kappa shape index (κ3) is 4.88. The summed E-state index contributed by atoms with van der Waals surface area (Å²) in [6.07, 6.45) is 3.68. The van der Waals surface area contributed by atoms with E-state index in [1.165, 1.54) is 12.1 Å². The van der Waals surface area contributed by atoms with Crippen molar-refractivity contribution in [1.29, 1.82) is 0 Å². The number of aromatic nitrogens is 1. The number of para-hydroxylation sites is 1. The van der Waals surface area contributed by atoms with Gasteiger partial charge in [-0.1, -0.05) is 36.4 Å². The lowest BCUT2D eigenvalue weighted by Crippen LogP contribution is -2.35. The predicted molar refractivity (Wildman–Crippen MR) is 111 cm³/mol. The first kappa shape index (κ1) is 19.4. The first-order chi connectivity index (χ1) is 13.6. The van der Waals surface area contributed by atoms with Crippen LogP contribution in [0.25, 0.3) is 0 Å². The molecule has 3 rings (SSSR count). The van der Waals surface area contributed by atoms with E-state index in [9.17, 15) is 9.18 Å². The fourth-order valence-corrected chi connectivity index (χ4v) is 3.01. The van der Waals surface area contributed by atoms with E-state index in [1.54, 1.807) is 23.1 Å². The van der Waals surface area contributed by atoms with Gasteiger partial charge in [0.25, 0.3) is 0 Å². The number of anilines is 1. The summed E-state index contributed by atoms with van der Waals surface area (Å²) in [5.74, 6) is -0.249. The first-order valence-electron chi connectivity index (χ1n) is 9.17. The van der Waals surface area contributed by atoms with Gasteiger partial charge in [-0.25, -0.2) is 9.18 Å². The van der Waals surface area contributed by atoms with E-state index < -0.39 is 0 Å². The molecule has 1 heterocycles. The van der Waals surface area contributed by atoms with Crippen molar-refractivity contribution in [2.75, 3.05) is 11.9 Å². The van der Waals surface area contributed by atoms with E-state index in [1.807, 2.05) is 49.5 Å². The third-order valence-corrected chi connectivity index (χ3v) is 4.57. The Morgan fingerprint density at radius 1 is 1.14 bits per heavy atom. The molecule has 5 heteroatoms. The number of rotatable bonds is 7. The number of carbonyl (C=O) groups is 1. The van der Waals surface area contributed by atoms with Crippen molar-refractivity contribution in [3.8, 4) is 0 Å². The van der Waals surface area contributed by atoms with Gasteiger partial charge in [-0.05, 0) is 48.4 Å². The maximum Gasteiger partial charge on any atom is 0.322 e. The van der Waals surface area contributed by atoms with Gasteiger partial charge < -0.3 is 14.8 Å². The van der Waals surface area contributed by atoms with E-state index >= 15 is 0 Å². The molecular formula is C23H24FN3O. The van der Waals surface area contributed by atoms with Crippen LogP contribution in [0.15, 0.2) is 79.5 Å². The number of hydrogen-bond donors (Lipinski definition) is 1. The Morgan fingerprint density at radius 3 is 2.61 bits per heavy atom. The van der Waals surface area contributed by atoms with Crippen LogP contribution >= 0.6 is 0 Å². The van der Waals surface area contributed by atoms with E-state index in [-0.39, 0.29) is 11.8 Å². The van der Waals surface area contributed by atoms with Crippen molar-refractivity contribution in [1.82, 2.24) is 9.47 Å². The van der Waals surface area contributed by atoms with Gasteiger partial charge in [0.1, 0.15) is 5.82 Å². The van der Waals surface area contributed by atoms with E-state index in [0.29, 0.717) is 19.6 Å². The molecule has 1 aromatic heterocycles. The molecule has 1 N–H and O–H groups in total. The number of benzene rings is 2. The second-order valence-electron chi connectivity index (χ2n) is 6.67. The number of nitrogens with zero attached hydrogens (tertiary/aromatic N) is 2. The lowest BCUT2D eigenvalue weighted by molar-refractivity contribution is 0.214. The smallest absolute Gasteiger partial charge is 0.322 e. The molecule has 2 aromatic carbocycles. The van der Waals surface area contributed by atoms with Gasteiger partial charge in [-0.3, -0.25) is 0 Å². The second kappa shape index (κ2) is 9.04. The molecular weight excluding hydrogens is 353 g/mol. The van der Waals surface area contributed by atoms with E-state index in [4.69, 9.17) is 0 Å². The lowest BCUT2D eigenvalue weighted by atomic mass is 10.2. The molecule has 0 radical (unpaired) electrons. The maximum atomic E-state index is 13.1. The monoisotopic (exact) mass is 377 g/mol. The summed E-state index contributed by atoms with van der Waals surface area (Å²) >= 11 is 0. The molecule has 0 bridgehead atoms. The summed E-state index contributed by atoms with van der Waals surface area (Å²) in [6, 6.07) is 17.9. The predicted octanol–water partition coefficient (Wildman–Crippen LogP) is 5.20. The fourth-order valence-electron chi connectivity index (χ4n) is 3.01. The van der Waals surface area contributed by atoms with Crippen LogP contribution in [0.2, 0.25) is 0 Å². The number of urea groups is 1. The zero-order valence-corrected chi connectivity index (χ0v) is 15.9. The molecule has 0 saturated heterocycles. The minimum Gasteiger partial charge on any atom is -0.345 e. The Kier molecular flexibility index (Phi) is 6.27. The molecule has 0 spiro atoms. The van der Waals surface area contributed by atoms with Crippen LogP contribution in [-0.2, 0) is 13.1 Å². The Morgan fingerprint density at radius 2 is 1.89 bits per heavy atom. The van der Waals surface area contributed by atoms with Gasteiger partial charge in [-0.2, -0.15) is 0 Å². The first-order valence-corrected chi connectivity index (χ1v) is 9.17. The number of halogens is 1. The summed E-state index contributed by atoms with van der Waals surface area (Å²) in [5.41, 5.74) is 3.79. The highest BCUT2D eigenvalue weighted by Crippen LogP contribution is 2.16. The lowest BCUT2D eigenvalue weighted by Gasteiger charge is -2.23.